The summed E-state index contributed by atoms with van der Waals surface area (Å²) in [4.78, 5) is 24.8. The second kappa shape index (κ2) is 9.45. The molecule has 1 heterocycles. The minimum atomic E-state index is -0.390. The molecule has 1 amide bonds. The van der Waals surface area contributed by atoms with Crippen molar-refractivity contribution in [1.82, 2.24) is 15.1 Å². The number of carbonyl (C=O) groups is 2. The van der Waals surface area contributed by atoms with Gasteiger partial charge < -0.3 is 14.8 Å². The fraction of sp³-hybridized carbons (Fsp3) is 0.708. The zero-order valence-corrected chi connectivity index (χ0v) is 18.9. The van der Waals surface area contributed by atoms with Crippen LogP contribution in [0.25, 0.3) is 0 Å². The summed E-state index contributed by atoms with van der Waals surface area (Å²) in [7, 11) is 0. The van der Waals surface area contributed by atoms with Crippen LogP contribution < -0.4 is 10.1 Å². The molecule has 4 aliphatic rings. The van der Waals surface area contributed by atoms with Crippen LogP contribution in [0.5, 0.6) is 5.88 Å². The Balaban J connectivity index is 1.46. The van der Waals surface area contributed by atoms with Gasteiger partial charge in [0.25, 0.3) is 5.91 Å². The number of allylic oxidation sites excluding steroid dienone is 1. The van der Waals surface area contributed by atoms with Crippen LogP contribution in [0.1, 0.15) is 63.2 Å². The number of esters is 1. The SMILES string of the molecule is CCOC(=O)/C=C/Cn1ncc(C(=O)NC2C3CC4CC(C3)CC2C4)c1OCC(C)C. The molecule has 7 heteroatoms. The van der Waals surface area contributed by atoms with Crippen LogP contribution in [0.2, 0.25) is 0 Å². The fourth-order valence-electron chi connectivity index (χ4n) is 5.89. The number of aromatic nitrogens is 2. The summed E-state index contributed by atoms with van der Waals surface area (Å²) in [5.41, 5.74) is 0.471. The molecule has 0 aliphatic heterocycles. The Kier molecular flexibility index (Phi) is 6.68. The molecule has 0 saturated heterocycles. The first kappa shape index (κ1) is 21.9. The van der Waals surface area contributed by atoms with Gasteiger partial charge in [-0.2, -0.15) is 5.10 Å². The van der Waals surface area contributed by atoms with Gasteiger partial charge in [-0.25, -0.2) is 9.48 Å². The van der Waals surface area contributed by atoms with Crippen LogP contribution in [0.15, 0.2) is 18.3 Å². The van der Waals surface area contributed by atoms with Crippen LogP contribution >= 0.6 is 0 Å². The van der Waals surface area contributed by atoms with Gasteiger partial charge in [0.15, 0.2) is 0 Å². The van der Waals surface area contributed by atoms with Crippen molar-refractivity contribution in [2.75, 3.05) is 13.2 Å². The van der Waals surface area contributed by atoms with Crippen LogP contribution in [0.4, 0.5) is 0 Å². The number of nitrogens with one attached hydrogen (secondary N) is 1. The molecule has 0 unspecified atom stereocenters. The molecule has 4 fully saturated rings. The highest BCUT2D eigenvalue weighted by Gasteiger charge is 2.48. The van der Waals surface area contributed by atoms with E-state index in [1.165, 1.54) is 38.2 Å². The molecule has 170 valence electrons. The van der Waals surface area contributed by atoms with E-state index < -0.39 is 0 Å². The molecule has 4 saturated carbocycles. The molecule has 0 spiro atoms. The van der Waals surface area contributed by atoms with Crippen molar-refractivity contribution < 1.29 is 19.1 Å². The molecule has 0 aromatic carbocycles. The zero-order chi connectivity index (χ0) is 22.0. The van der Waals surface area contributed by atoms with Crippen molar-refractivity contribution in [3.63, 3.8) is 0 Å². The third-order valence-corrected chi connectivity index (χ3v) is 6.93. The first-order valence-electron chi connectivity index (χ1n) is 11.8. The summed E-state index contributed by atoms with van der Waals surface area (Å²) in [5.74, 6) is 3.26. The van der Waals surface area contributed by atoms with E-state index in [1.54, 1.807) is 23.9 Å². The molecule has 4 aliphatic carbocycles. The number of nitrogens with zero attached hydrogens (tertiary/aromatic N) is 2. The third-order valence-electron chi connectivity index (χ3n) is 6.93. The summed E-state index contributed by atoms with van der Waals surface area (Å²) in [6.45, 7) is 7.06. The molecule has 1 N–H and O–H groups in total. The Morgan fingerprint density at radius 2 is 1.87 bits per heavy atom. The Hall–Kier alpha value is -2.31. The smallest absolute Gasteiger partial charge is 0.330 e. The maximum atomic E-state index is 13.2. The van der Waals surface area contributed by atoms with Gasteiger partial charge in [-0.15, -0.1) is 0 Å². The Morgan fingerprint density at radius 1 is 1.19 bits per heavy atom. The number of hydrogen-bond donors (Lipinski definition) is 1. The van der Waals surface area contributed by atoms with E-state index >= 15 is 0 Å². The van der Waals surface area contributed by atoms with Gasteiger partial charge in [0, 0.05) is 12.1 Å². The molecule has 31 heavy (non-hydrogen) atoms. The fourth-order valence-corrected chi connectivity index (χ4v) is 5.89. The Morgan fingerprint density at radius 3 is 2.48 bits per heavy atom. The third kappa shape index (κ3) is 4.96. The number of ether oxygens (including phenoxy) is 2. The molecule has 0 atom stereocenters. The highest BCUT2D eigenvalue weighted by molar-refractivity contribution is 5.96. The molecule has 5 rings (SSSR count). The van der Waals surface area contributed by atoms with Gasteiger partial charge >= 0.3 is 5.97 Å². The average molecular weight is 430 g/mol. The number of rotatable bonds is 9. The molecule has 0 radical (unpaired) electrons. The summed E-state index contributed by atoms with van der Waals surface area (Å²) in [6, 6.07) is 0.269. The highest BCUT2D eigenvalue weighted by atomic mass is 16.5. The minimum Gasteiger partial charge on any atom is -0.477 e. The lowest BCUT2D eigenvalue weighted by Gasteiger charge is -2.54. The maximum absolute atomic E-state index is 13.2. The van der Waals surface area contributed by atoms with Crippen LogP contribution in [-0.2, 0) is 16.1 Å². The average Bonchev–Trinajstić information content (AvgIpc) is 3.11. The highest BCUT2D eigenvalue weighted by Crippen LogP contribution is 2.53. The van der Waals surface area contributed by atoms with E-state index in [4.69, 9.17) is 9.47 Å². The normalized spacial score (nSPS) is 29.0. The van der Waals surface area contributed by atoms with Crippen molar-refractivity contribution in [2.24, 2.45) is 29.6 Å². The van der Waals surface area contributed by atoms with Gasteiger partial charge in [-0.1, -0.05) is 19.9 Å². The Labute approximate surface area is 184 Å². The zero-order valence-electron chi connectivity index (χ0n) is 18.9. The van der Waals surface area contributed by atoms with E-state index in [2.05, 4.69) is 24.3 Å². The van der Waals surface area contributed by atoms with E-state index in [0.717, 1.165) is 11.8 Å². The summed E-state index contributed by atoms with van der Waals surface area (Å²) >= 11 is 0. The van der Waals surface area contributed by atoms with Gasteiger partial charge in [-0.05, 0) is 68.6 Å². The summed E-state index contributed by atoms with van der Waals surface area (Å²) < 4.78 is 12.5. The second-order valence-electron chi connectivity index (χ2n) is 9.83. The van der Waals surface area contributed by atoms with Crippen molar-refractivity contribution in [1.29, 1.82) is 0 Å². The summed E-state index contributed by atoms with van der Waals surface area (Å²) in [5, 5.41) is 7.72. The van der Waals surface area contributed by atoms with Crippen molar-refractivity contribution >= 4 is 11.9 Å². The van der Waals surface area contributed by atoms with E-state index in [9.17, 15) is 9.59 Å². The second-order valence-corrected chi connectivity index (χ2v) is 9.83. The van der Waals surface area contributed by atoms with Gasteiger partial charge in [0.1, 0.15) is 5.56 Å². The van der Waals surface area contributed by atoms with Gasteiger partial charge in [0.2, 0.25) is 5.88 Å². The first-order valence-corrected chi connectivity index (χ1v) is 11.8. The summed E-state index contributed by atoms with van der Waals surface area (Å²) in [6.07, 6.45) is 11.1. The molecular formula is C24H35N3O4. The van der Waals surface area contributed by atoms with E-state index in [0.29, 0.717) is 49.0 Å². The molecule has 1 aromatic rings. The lowest BCUT2D eigenvalue weighted by molar-refractivity contribution is -0.137. The minimum absolute atomic E-state index is 0.100. The van der Waals surface area contributed by atoms with Crippen molar-refractivity contribution in [3.05, 3.63) is 23.9 Å². The predicted octanol–water partition coefficient (Wildman–Crippen LogP) is 3.59. The lowest BCUT2D eigenvalue weighted by atomic mass is 9.54. The largest absolute Gasteiger partial charge is 0.477 e. The monoisotopic (exact) mass is 429 g/mol. The number of hydrogen-bond acceptors (Lipinski definition) is 5. The van der Waals surface area contributed by atoms with Crippen LogP contribution in [-0.4, -0.2) is 40.9 Å². The first-order chi connectivity index (χ1) is 14.9. The van der Waals surface area contributed by atoms with Gasteiger partial charge in [0.05, 0.1) is 26.0 Å². The standard InChI is InChI=1S/C24H35N3O4/c1-4-30-21(28)6-5-7-27-24(31-14-15(2)3)20(13-25-27)23(29)26-22-18-9-16-8-17(11-18)12-19(22)10-16/h5-6,13,15-19,22H,4,7-12,14H2,1-3H3,(H,26,29)/b6-5+. The molecule has 1 aromatic heterocycles. The quantitative estimate of drug-likeness (QED) is 0.479. The number of amides is 1. The predicted molar refractivity (Wildman–Crippen MR) is 117 cm³/mol. The van der Waals surface area contributed by atoms with E-state index in [-0.39, 0.29) is 17.9 Å². The maximum Gasteiger partial charge on any atom is 0.330 e. The Bertz CT molecular complexity index is 801. The molecular weight excluding hydrogens is 394 g/mol. The van der Waals surface area contributed by atoms with Crippen LogP contribution in [0.3, 0.4) is 0 Å². The number of carbonyl (C=O) groups excluding carboxylic acids is 2. The molecule has 7 nitrogen and oxygen atoms in total. The molecule has 4 bridgehead atoms. The van der Waals surface area contributed by atoms with Crippen molar-refractivity contribution in [3.8, 4) is 5.88 Å². The van der Waals surface area contributed by atoms with Crippen LogP contribution in [0, 0.1) is 29.6 Å². The van der Waals surface area contributed by atoms with E-state index in [1.807, 2.05) is 0 Å². The topological polar surface area (TPSA) is 82.5 Å². The van der Waals surface area contributed by atoms with Crippen molar-refractivity contribution in [2.45, 2.75) is 65.5 Å². The lowest BCUT2D eigenvalue weighted by Crippen LogP contribution is -2.55. The van der Waals surface area contributed by atoms with Gasteiger partial charge in [-0.3, -0.25) is 4.79 Å².